The molecule has 0 nitrogen and oxygen atoms in total. The SMILES string of the molecule is CCc1cc2c(s1)=CCCC=2. The van der Waals surface area contributed by atoms with Gasteiger partial charge in [0, 0.05) is 9.41 Å². The Morgan fingerprint density at radius 1 is 1.36 bits per heavy atom. The summed E-state index contributed by atoms with van der Waals surface area (Å²) in [5.41, 5.74) is 0. The number of hydrogen-bond donors (Lipinski definition) is 0. The number of fused-ring (bicyclic) bond motifs is 1. The third-order valence-corrected chi connectivity index (χ3v) is 3.34. The molecule has 0 unspecified atom stereocenters. The van der Waals surface area contributed by atoms with Gasteiger partial charge in [-0.2, -0.15) is 0 Å². The standard InChI is InChI=1S/C10H12S/c1-2-9-7-8-5-3-4-6-10(8)11-9/h5-7H,2-4H2,1H3. The Labute approximate surface area is 70.9 Å². The van der Waals surface area contributed by atoms with Gasteiger partial charge in [-0.1, -0.05) is 19.1 Å². The van der Waals surface area contributed by atoms with Crippen LogP contribution in [-0.2, 0) is 6.42 Å². The van der Waals surface area contributed by atoms with Gasteiger partial charge in [0.2, 0.25) is 0 Å². The molecule has 0 atom stereocenters. The molecule has 0 saturated carbocycles. The molecule has 0 bridgehead atoms. The molecule has 11 heavy (non-hydrogen) atoms. The first kappa shape index (κ1) is 7.11. The van der Waals surface area contributed by atoms with Gasteiger partial charge in [0.05, 0.1) is 0 Å². The molecular weight excluding hydrogens is 152 g/mol. The highest BCUT2D eigenvalue weighted by Crippen LogP contribution is 2.04. The molecule has 1 aromatic heterocycles. The predicted molar refractivity (Wildman–Crippen MR) is 51.1 cm³/mol. The fraction of sp³-hybridized carbons (Fsp3) is 0.400. The second-order valence-electron chi connectivity index (χ2n) is 2.87. The van der Waals surface area contributed by atoms with Gasteiger partial charge in [0.1, 0.15) is 0 Å². The average molecular weight is 164 g/mol. The van der Waals surface area contributed by atoms with E-state index < -0.39 is 0 Å². The summed E-state index contributed by atoms with van der Waals surface area (Å²) < 4.78 is 1.49. The first-order valence-corrected chi connectivity index (χ1v) is 5.01. The van der Waals surface area contributed by atoms with Gasteiger partial charge >= 0.3 is 0 Å². The maximum absolute atomic E-state index is 2.36. The van der Waals surface area contributed by atoms with E-state index in [0.717, 1.165) is 0 Å². The molecule has 0 spiro atoms. The molecule has 58 valence electrons. The van der Waals surface area contributed by atoms with Crippen LogP contribution in [-0.4, -0.2) is 0 Å². The fourth-order valence-electron chi connectivity index (χ4n) is 1.42. The van der Waals surface area contributed by atoms with E-state index in [9.17, 15) is 0 Å². The Bertz CT molecular complexity index is 323. The van der Waals surface area contributed by atoms with E-state index in [-0.39, 0.29) is 0 Å². The Kier molecular flexibility index (Phi) is 1.82. The minimum atomic E-state index is 1.18. The molecule has 0 radical (unpaired) electrons. The van der Waals surface area contributed by atoms with Crippen LogP contribution in [0.15, 0.2) is 6.07 Å². The number of hydrogen-bond acceptors (Lipinski definition) is 1. The van der Waals surface area contributed by atoms with E-state index in [2.05, 4.69) is 25.1 Å². The van der Waals surface area contributed by atoms with E-state index in [4.69, 9.17) is 0 Å². The number of thiophene rings is 1. The van der Waals surface area contributed by atoms with Gasteiger partial charge in [-0.05, 0) is 30.5 Å². The Morgan fingerprint density at radius 3 is 2.91 bits per heavy atom. The largest absolute Gasteiger partial charge is 0.141 e. The number of rotatable bonds is 1. The highest BCUT2D eigenvalue weighted by atomic mass is 32.1. The maximum Gasteiger partial charge on any atom is 0.0302 e. The van der Waals surface area contributed by atoms with Crippen molar-refractivity contribution in [2.75, 3.05) is 0 Å². The van der Waals surface area contributed by atoms with Crippen molar-refractivity contribution >= 4 is 23.5 Å². The van der Waals surface area contributed by atoms with Crippen LogP contribution in [0, 0.1) is 0 Å². The summed E-state index contributed by atoms with van der Waals surface area (Å²) in [7, 11) is 0. The van der Waals surface area contributed by atoms with Crippen molar-refractivity contribution in [3.05, 3.63) is 20.7 Å². The second-order valence-corrected chi connectivity index (χ2v) is 4.04. The van der Waals surface area contributed by atoms with Crippen molar-refractivity contribution in [2.24, 2.45) is 0 Å². The Balaban J connectivity index is 2.66. The van der Waals surface area contributed by atoms with E-state index >= 15 is 0 Å². The quantitative estimate of drug-likeness (QED) is 0.592. The van der Waals surface area contributed by atoms with Crippen LogP contribution in [0.1, 0.15) is 24.6 Å². The summed E-state index contributed by atoms with van der Waals surface area (Å²) in [4.78, 5) is 1.52. The molecule has 0 fully saturated rings. The molecule has 0 amide bonds. The second kappa shape index (κ2) is 2.82. The lowest BCUT2D eigenvalue weighted by Gasteiger charge is -1.90. The molecule has 1 aliphatic rings. The first-order valence-electron chi connectivity index (χ1n) is 4.19. The zero-order valence-corrected chi connectivity index (χ0v) is 7.58. The van der Waals surface area contributed by atoms with Crippen molar-refractivity contribution in [3.63, 3.8) is 0 Å². The third kappa shape index (κ3) is 1.25. The van der Waals surface area contributed by atoms with Crippen LogP contribution < -0.4 is 9.75 Å². The molecular formula is C10H12S. The molecule has 1 heteroatoms. The average Bonchev–Trinajstić information content (AvgIpc) is 2.46. The number of aryl methyl sites for hydroxylation is 1. The molecule has 0 aromatic carbocycles. The molecule has 1 aromatic rings. The minimum absolute atomic E-state index is 1.18. The van der Waals surface area contributed by atoms with E-state index in [0.29, 0.717) is 0 Å². The van der Waals surface area contributed by atoms with Crippen molar-refractivity contribution < 1.29 is 0 Å². The molecule has 0 saturated heterocycles. The first-order chi connectivity index (χ1) is 5.40. The summed E-state index contributed by atoms with van der Waals surface area (Å²) in [6, 6.07) is 2.33. The van der Waals surface area contributed by atoms with Gasteiger partial charge in [-0.15, -0.1) is 11.3 Å². The zero-order valence-electron chi connectivity index (χ0n) is 6.76. The lowest BCUT2D eigenvalue weighted by Crippen LogP contribution is -2.19. The van der Waals surface area contributed by atoms with Crippen LogP contribution >= 0.6 is 11.3 Å². The summed E-state index contributed by atoms with van der Waals surface area (Å²) in [5, 5.41) is 1.47. The van der Waals surface area contributed by atoms with Crippen molar-refractivity contribution in [2.45, 2.75) is 26.2 Å². The van der Waals surface area contributed by atoms with Crippen molar-refractivity contribution in [1.82, 2.24) is 0 Å². The van der Waals surface area contributed by atoms with Gasteiger partial charge in [0.25, 0.3) is 0 Å². The summed E-state index contributed by atoms with van der Waals surface area (Å²) in [6.07, 6.45) is 8.35. The highest BCUT2D eigenvalue weighted by molar-refractivity contribution is 7.09. The lowest BCUT2D eigenvalue weighted by atomic mass is 10.2. The molecule has 2 rings (SSSR count). The van der Waals surface area contributed by atoms with Crippen molar-refractivity contribution in [3.8, 4) is 0 Å². The molecule has 1 aliphatic carbocycles. The van der Waals surface area contributed by atoms with Gasteiger partial charge in [-0.3, -0.25) is 0 Å². The monoisotopic (exact) mass is 164 g/mol. The maximum atomic E-state index is 2.36. The topological polar surface area (TPSA) is 0 Å². The Morgan fingerprint density at radius 2 is 2.18 bits per heavy atom. The van der Waals surface area contributed by atoms with E-state index in [1.807, 2.05) is 11.3 Å². The normalized spacial score (nSPS) is 15.0. The van der Waals surface area contributed by atoms with Crippen LogP contribution in [0.3, 0.4) is 0 Å². The smallest absolute Gasteiger partial charge is 0.0302 e. The highest BCUT2D eigenvalue weighted by Gasteiger charge is 1.97. The predicted octanol–water partition coefficient (Wildman–Crippen LogP) is 1.67. The van der Waals surface area contributed by atoms with Crippen LogP contribution in [0.4, 0.5) is 0 Å². The summed E-state index contributed by atoms with van der Waals surface area (Å²) in [5.74, 6) is 0. The third-order valence-electron chi connectivity index (χ3n) is 2.05. The van der Waals surface area contributed by atoms with Gasteiger partial charge in [0.15, 0.2) is 0 Å². The van der Waals surface area contributed by atoms with Gasteiger partial charge in [-0.25, -0.2) is 0 Å². The minimum Gasteiger partial charge on any atom is -0.141 e. The van der Waals surface area contributed by atoms with Crippen LogP contribution in [0.25, 0.3) is 12.2 Å². The molecule has 0 aliphatic heterocycles. The summed E-state index contributed by atoms with van der Waals surface area (Å²) in [6.45, 7) is 2.22. The van der Waals surface area contributed by atoms with Crippen LogP contribution in [0.2, 0.25) is 0 Å². The van der Waals surface area contributed by atoms with Gasteiger partial charge < -0.3 is 0 Å². The van der Waals surface area contributed by atoms with Crippen molar-refractivity contribution in [1.29, 1.82) is 0 Å². The Hall–Kier alpha value is -0.560. The van der Waals surface area contributed by atoms with E-state index in [1.54, 1.807) is 0 Å². The van der Waals surface area contributed by atoms with Crippen LogP contribution in [0.5, 0.6) is 0 Å². The lowest BCUT2D eigenvalue weighted by molar-refractivity contribution is 1.13. The molecule has 1 heterocycles. The zero-order chi connectivity index (χ0) is 7.68. The van der Waals surface area contributed by atoms with E-state index in [1.165, 1.54) is 33.9 Å². The molecule has 0 N–H and O–H groups in total. The fourth-order valence-corrected chi connectivity index (χ4v) is 2.49. The summed E-state index contributed by atoms with van der Waals surface area (Å²) >= 11 is 1.95.